The second-order valence-electron chi connectivity index (χ2n) is 8.33. The molecule has 2 amide bonds. The third-order valence-corrected chi connectivity index (χ3v) is 8.32. The molecular formula is C26H26Cl2FN3O4S. The van der Waals surface area contributed by atoms with Crippen molar-refractivity contribution in [2.75, 3.05) is 17.9 Å². The number of benzene rings is 3. The zero-order valence-corrected chi connectivity index (χ0v) is 22.7. The molecule has 0 unspecified atom stereocenters. The number of likely N-dealkylation sites (N-methyl/N-ethyl adjacent to an activating group) is 1. The van der Waals surface area contributed by atoms with Crippen LogP contribution in [-0.2, 0) is 26.2 Å². The van der Waals surface area contributed by atoms with E-state index in [1.807, 2.05) is 6.92 Å². The molecule has 0 aromatic heterocycles. The Balaban J connectivity index is 2.07. The summed E-state index contributed by atoms with van der Waals surface area (Å²) in [6.07, 6.45) is 0. The zero-order chi connectivity index (χ0) is 27.3. The first-order chi connectivity index (χ1) is 17.4. The molecule has 37 heavy (non-hydrogen) atoms. The Labute approximate surface area is 225 Å². The third-order valence-electron chi connectivity index (χ3n) is 5.79. The highest BCUT2D eigenvalue weighted by molar-refractivity contribution is 7.92. The van der Waals surface area contributed by atoms with Crippen LogP contribution in [0.4, 0.5) is 10.1 Å². The number of amides is 2. The first-order valence-corrected chi connectivity index (χ1v) is 13.4. The van der Waals surface area contributed by atoms with Gasteiger partial charge in [0.25, 0.3) is 10.0 Å². The molecule has 0 bridgehead atoms. The smallest absolute Gasteiger partial charge is 0.264 e. The fourth-order valence-corrected chi connectivity index (χ4v) is 5.31. The minimum atomic E-state index is -4.25. The maximum Gasteiger partial charge on any atom is 0.264 e. The molecule has 0 aliphatic carbocycles. The minimum absolute atomic E-state index is 0.0445. The van der Waals surface area contributed by atoms with Crippen LogP contribution in [0.1, 0.15) is 18.1 Å². The largest absolute Gasteiger partial charge is 0.357 e. The summed E-state index contributed by atoms with van der Waals surface area (Å²) in [6.45, 7) is 2.37. The summed E-state index contributed by atoms with van der Waals surface area (Å²) in [6, 6.07) is 15.2. The fourth-order valence-electron chi connectivity index (χ4n) is 3.61. The van der Waals surface area contributed by atoms with Gasteiger partial charge in [0.1, 0.15) is 18.4 Å². The molecule has 3 aromatic rings. The summed E-state index contributed by atoms with van der Waals surface area (Å²) >= 11 is 12.2. The van der Waals surface area contributed by atoms with E-state index in [9.17, 15) is 22.4 Å². The predicted molar refractivity (Wildman–Crippen MR) is 143 cm³/mol. The summed E-state index contributed by atoms with van der Waals surface area (Å²) in [5.41, 5.74) is 1.13. The van der Waals surface area contributed by atoms with E-state index in [0.29, 0.717) is 0 Å². The lowest BCUT2D eigenvalue weighted by molar-refractivity contribution is -0.139. The van der Waals surface area contributed by atoms with Gasteiger partial charge in [0.2, 0.25) is 11.8 Å². The van der Waals surface area contributed by atoms with Crippen molar-refractivity contribution in [2.45, 2.75) is 31.3 Å². The lowest BCUT2D eigenvalue weighted by Gasteiger charge is -2.32. The standard InChI is InChI=1S/C26H26Cl2FN3O4S/c1-17-8-11-21(12-9-17)37(35,36)32(20-10-13-22(27)23(28)14-20)16-25(33)31(18(2)26(34)30-3)15-19-6-4-5-7-24(19)29/h4-14,18H,15-16H2,1-3H3,(H,30,34)/t18-/m1/s1. The van der Waals surface area contributed by atoms with Crippen molar-refractivity contribution in [3.8, 4) is 0 Å². The quantitative estimate of drug-likeness (QED) is 0.403. The number of hydrogen-bond acceptors (Lipinski definition) is 4. The molecule has 0 aliphatic heterocycles. The lowest BCUT2D eigenvalue weighted by Crippen LogP contribution is -2.50. The number of carbonyl (C=O) groups is 2. The van der Waals surface area contributed by atoms with Crippen molar-refractivity contribution in [1.82, 2.24) is 10.2 Å². The Morgan fingerprint density at radius 3 is 2.24 bits per heavy atom. The van der Waals surface area contributed by atoms with Gasteiger partial charge >= 0.3 is 0 Å². The van der Waals surface area contributed by atoms with Crippen molar-refractivity contribution in [3.63, 3.8) is 0 Å². The van der Waals surface area contributed by atoms with E-state index in [4.69, 9.17) is 23.2 Å². The van der Waals surface area contributed by atoms with Crippen molar-refractivity contribution in [3.05, 3.63) is 93.7 Å². The molecule has 0 spiro atoms. The topological polar surface area (TPSA) is 86.8 Å². The summed E-state index contributed by atoms with van der Waals surface area (Å²) < 4.78 is 42.8. The highest BCUT2D eigenvalue weighted by atomic mass is 35.5. The van der Waals surface area contributed by atoms with E-state index < -0.39 is 40.2 Å². The number of anilines is 1. The first-order valence-electron chi connectivity index (χ1n) is 11.2. The van der Waals surface area contributed by atoms with E-state index in [2.05, 4.69) is 5.32 Å². The second-order valence-corrected chi connectivity index (χ2v) is 11.0. The van der Waals surface area contributed by atoms with Crippen molar-refractivity contribution in [2.24, 2.45) is 0 Å². The molecule has 11 heteroatoms. The van der Waals surface area contributed by atoms with Crippen molar-refractivity contribution >= 4 is 50.7 Å². The van der Waals surface area contributed by atoms with Gasteiger partial charge in [-0.2, -0.15) is 0 Å². The molecule has 0 radical (unpaired) electrons. The molecule has 0 aliphatic rings. The number of nitrogens with zero attached hydrogens (tertiary/aromatic N) is 2. The number of aryl methyl sites for hydroxylation is 1. The Morgan fingerprint density at radius 1 is 1.00 bits per heavy atom. The lowest BCUT2D eigenvalue weighted by atomic mass is 10.1. The van der Waals surface area contributed by atoms with Crippen LogP contribution < -0.4 is 9.62 Å². The highest BCUT2D eigenvalue weighted by Gasteiger charge is 2.32. The molecule has 1 N–H and O–H groups in total. The number of halogens is 3. The predicted octanol–water partition coefficient (Wildman–Crippen LogP) is 4.80. The van der Waals surface area contributed by atoms with Crippen LogP contribution in [-0.4, -0.2) is 44.8 Å². The van der Waals surface area contributed by atoms with E-state index in [-0.39, 0.29) is 32.7 Å². The van der Waals surface area contributed by atoms with Gasteiger partial charge in [-0.3, -0.25) is 13.9 Å². The van der Waals surface area contributed by atoms with Gasteiger partial charge in [-0.1, -0.05) is 59.1 Å². The minimum Gasteiger partial charge on any atom is -0.357 e. The third kappa shape index (κ3) is 6.60. The zero-order valence-electron chi connectivity index (χ0n) is 20.4. The average Bonchev–Trinajstić information content (AvgIpc) is 2.87. The van der Waals surface area contributed by atoms with Gasteiger partial charge in [-0.15, -0.1) is 0 Å². The van der Waals surface area contributed by atoms with Crippen LogP contribution in [0.2, 0.25) is 10.0 Å². The molecule has 0 saturated carbocycles. The van der Waals surface area contributed by atoms with Gasteiger partial charge in [-0.25, -0.2) is 12.8 Å². The number of carbonyl (C=O) groups excluding carboxylic acids is 2. The fraction of sp³-hybridized carbons (Fsp3) is 0.231. The van der Waals surface area contributed by atoms with Gasteiger partial charge in [0.05, 0.1) is 20.6 Å². The van der Waals surface area contributed by atoms with Crippen LogP contribution in [0.15, 0.2) is 71.6 Å². The maximum absolute atomic E-state index is 14.4. The van der Waals surface area contributed by atoms with Gasteiger partial charge in [0.15, 0.2) is 0 Å². The van der Waals surface area contributed by atoms with E-state index in [1.54, 1.807) is 18.2 Å². The molecule has 0 heterocycles. The molecule has 196 valence electrons. The Bertz CT molecular complexity index is 1400. The van der Waals surface area contributed by atoms with E-state index >= 15 is 0 Å². The second kappa shape index (κ2) is 11.9. The average molecular weight is 566 g/mol. The molecule has 3 aromatic carbocycles. The molecule has 7 nitrogen and oxygen atoms in total. The Morgan fingerprint density at radius 2 is 1.65 bits per heavy atom. The maximum atomic E-state index is 14.4. The van der Waals surface area contributed by atoms with E-state index in [0.717, 1.165) is 14.8 Å². The van der Waals surface area contributed by atoms with Gasteiger partial charge < -0.3 is 10.2 Å². The van der Waals surface area contributed by atoms with Gasteiger partial charge in [-0.05, 0) is 50.2 Å². The Kier molecular flexibility index (Phi) is 9.17. The van der Waals surface area contributed by atoms with Crippen LogP contribution in [0.5, 0.6) is 0 Å². The monoisotopic (exact) mass is 565 g/mol. The molecule has 3 rings (SSSR count). The van der Waals surface area contributed by atoms with Crippen molar-refractivity contribution in [1.29, 1.82) is 0 Å². The highest BCUT2D eigenvalue weighted by Crippen LogP contribution is 2.31. The van der Waals surface area contributed by atoms with Crippen molar-refractivity contribution < 1.29 is 22.4 Å². The van der Waals surface area contributed by atoms with Crippen LogP contribution in [0.25, 0.3) is 0 Å². The molecule has 1 atom stereocenters. The first kappa shape index (κ1) is 28.4. The van der Waals surface area contributed by atoms with Crippen LogP contribution in [0.3, 0.4) is 0 Å². The summed E-state index contributed by atoms with van der Waals surface area (Å²) in [5, 5.41) is 2.77. The number of rotatable bonds is 9. The van der Waals surface area contributed by atoms with Crippen LogP contribution in [0, 0.1) is 12.7 Å². The molecular weight excluding hydrogens is 540 g/mol. The summed E-state index contributed by atoms with van der Waals surface area (Å²) in [5.74, 6) is -1.77. The van der Waals surface area contributed by atoms with Gasteiger partial charge in [0, 0.05) is 19.2 Å². The Hall–Kier alpha value is -3.14. The summed E-state index contributed by atoms with van der Waals surface area (Å²) in [4.78, 5) is 27.2. The SMILES string of the molecule is CNC(=O)[C@@H](C)N(Cc1ccccc1F)C(=O)CN(c1ccc(Cl)c(Cl)c1)S(=O)(=O)c1ccc(C)cc1. The number of nitrogens with one attached hydrogen (secondary N) is 1. The number of sulfonamides is 1. The normalized spacial score (nSPS) is 12.1. The summed E-state index contributed by atoms with van der Waals surface area (Å²) in [7, 11) is -2.84. The number of hydrogen-bond donors (Lipinski definition) is 1. The van der Waals surface area contributed by atoms with Crippen LogP contribution >= 0.6 is 23.2 Å². The molecule has 0 saturated heterocycles. The van der Waals surface area contributed by atoms with E-state index in [1.165, 1.54) is 62.5 Å². The molecule has 0 fully saturated rings.